The number of hydrogen-bond donors (Lipinski definition) is 1. The Bertz CT molecular complexity index is 992. The highest BCUT2D eigenvalue weighted by molar-refractivity contribution is 9.10. The zero-order valence-corrected chi connectivity index (χ0v) is 17.2. The third-order valence-corrected chi connectivity index (χ3v) is 4.66. The van der Waals surface area contributed by atoms with Gasteiger partial charge in [-0.3, -0.25) is 9.59 Å². The van der Waals surface area contributed by atoms with Gasteiger partial charge in [-0.15, -0.1) is 0 Å². The van der Waals surface area contributed by atoms with E-state index in [0.29, 0.717) is 16.9 Å². The van der Waals surface area contributed by atoms with Crippen molar-refractivity contribution in [2.45, 2.75) is 13.8 Å². The highest BCUT2D eigenvalue weighted by atomic mass is 79.9. The lowest BCUT2D eigenvalue weighted by Crippen LogP contribution is -2.16. The molecule has 0 fully saturated rings. The molecule has 28 heavy (non-hydrogen) atoms. The summed E-state index contributed by atoms with van der Waals surface area (Å²) in [4.78, 5) is 25.1. The minimum absolute atomic E-state index is 0.143. The number of rotatable bonds is 6. The third kappa shape index (κ3) is 5.08. The fourth-order valence-corrected chi connectivity index (χ4v) is 3.15. The summed E-state index contributed by atoms with van der Waals surface area (Å²) in [6, 6.07) is 19.8. The average Bonchev–Trinajstić information content (AvgIpc) is 2.66. The maximum Gasteiger partial charge on any atom is 0.259 e. The van der Waals surface area contributed by atoms with Gasteiger partial charge in [-0.2, -0.15) is 0 Å². The molecule has 4 nitrogen and oxygen atoms in total. The van der Waals surface area contributed by atoms with Crippen LogP contribution in [-0.2, 0) is 0 Å². The Kier molecular flexibility index (Phi) is 6.26. The largest absolute Gasteiger partial charge is 0.485 e. The van der Waals surface area contributed by atoms with Crippen molar-refractivity contribution in [3.63, 3.8) is 0 Å². The van der Waals surface area contributed by atoms with Gasteiger partial charge < -0.3 is 10.1 Å². The molecule has 0 saturated heterocycles. The molecule has 0 aliphatic rings. The van der Waals surface area contributed by atoms with E-state index in [1.807, 2.05) is 32.0 Å². The first-order chi connectivity index (χ1) is 13.4. The summed E-state index contributed by atoms with van der Waals surface area (Å²) in [6.45, 7) is 3.82. The SMILES string of the molecule is Cc1cc(C)cc(NC(=O)c2ccccc2OCC(=O)c2ccc(Br)cc2)c1. The number of carbonyl (C=O) groups is 2. The van der Waals surface area contributed by atoms with E-state index in [2.05, 4.69) is 21.2 Å². The lowest BCUT2D eigenvalue weighted by Gasteiger charge is -2.12. The summed E-state index contributed by atoms with van der Waals surface area (Å²) in [5.74, 6) is -0.0662. The molecule has 0 saturated carbocycles. The van der Waals surface area contributed by atoms with E-state index in [1.165, 1.54) is 0 Å². The number of Topliss-reactive ketones (excluding diaryl/α,β-unsaturated/α-hetero) is 1. The van der Waals surface area contributed by atoms with Gasteiger partial charge >= 0.3 is 0 Å². The van der Waals surface area contributed by atoms with Crippen LogP contribution in [0.5, 0.6) is 5.75 Å². The molecular weight excluding hydrogens is 418 g/mol. The van der Waals surface area contributed by atoms with Crippen molar-refractivity contribution in [1.29, 1.82) is 0 Å². The molecule has 0 unspecified atom stereocenters. The summed E-state index contributed by atoms with van der Waals surface area (Å²) in [6.07, 6.45) is 0. The quantitative estimate of drug-likeness (QED) is 0.512. The number of ketones is 1. The summed E-state index contributed by atoms with van der Waals surface area (Å²) < 4.78 is 6.57. The van der Waals surface area contributed by atoms with Crippen molar-refractivity contribution in [3.8, 4) is 5.75 Å². The van der Waals surface area contributed by atoms with Crippen molar-refractivity contribution in [1.82, 2.24) is 0 Å². The minimum Gasteiger partial charge on any atom is -0.485 e. The van der Waals surface area contributed by atoms with Gasteiger partial charge in [-0.1, -0.05) is 46.3 Å². The van der Waals surface area contributed by atoms with Crippen LogP contribution >= 0.6 is 15.9 Å². The number of aryl methyl sites for hydroxylation is 2. The molecule has 0 aliphatic heterocycles. The average molecular weight is 438 g/mol. The van der Waals surface area contributed by atoms with Crippen molar-refractivity contribution in [3.05, 3.63) is 93.5 Å². The van der Waals surface area contributed by atoms with Crippen LogP contribution < -0.4 is 10.1 Å². The fraction of sp³-hybridized carbons (Fsp3) is 0.130. The Hall–Kier alpha value is -2.92. The second-order valence-corrected chi connectivity index (χ2v) is 7.46. The van der Waals surface area contributed by atoms with Gasteiger partial charge in [0.2, 0.25) is 0 Å². The number of benzene rings is 3. The summed E-state index contributed by atoms with van der Waals surface area (Å²) in [5, 5.41) is 2.90. The third-order valence-electron chi connectivity index (χ3n) is 4.14. The molecule has 0 spiro atoms. The monoisotopic (exact) mass is 437 g/mol. The van der Waals surface area contributed by atoms with Crippen LogP contribution in [0.25, 0.3) is 0 Å². The van der Waals surface area contributed by atoms with E-state index in [1.54, 1.807) is 48.5 Å². The van der Waals surface area contributed by atoms with Gasteiger partial charge in [-0.05, 0) is 61.4 Å². The van der Waals surface area contributed by atoms with Gasteiger partial charge in [0.1, 0.15) is 5.75 Å². The maximum absolute atomic E-state index is 12.7. The summed E-state index contributed by atoms with van der Waals surface area (Å²) in [5.41, 5.74) is 3.80. The maximum atomic E-state index is 12.7. The zero-order chi connectivity index (χ0) is 20.1. The molecule has 0 heterocycles. The summed E-state index contributed by atoms with van der Waals surface area (Å²) in [7, 11) is 0. The molecule has 142 valence electrons. The van der Waals surface area contributed by atoms with Crippen LogP contribution in [0.4, 0.5) is 5.69 Å². The van der Waals surface area contributed by atoms with E-state index in [-0.39, 0.29) is 18.3 Å². The Morgan fingerprint density at radius 2 is 1.57 bits per heavy atom. The predicted molar refractivity (Wildman–Crippen MR) is 114 cm³/mol. The van der Waals surface area contributed by atoms with Crippen LogP contribution in [0, 0.1) is 13.8 Å². The van der Waals surface area contributed by atoms with E-state index >= 15 is 0 Å². The topological polar surface area (TPSA) is 55.4 Å². The van der Waals surface area contributed by atoms with E-state index < -0.39 is 0 Å². The molecular formula is C23H20BrNO3. The van der Waals surface area contributed by atoms with E-state index in [0.717, 1.165) is 21.3 Å². The number of nitrogens with one attached hydrogen (secondary N) is 1. The number of anilines is 1. The highest BCUT2D eigenvalue weighted by Gasteiger charge is 2.14. The zero-order valence-electron chi connectivity index (χ0n) is 15.7. The first-order valence-electron chi connectivity index (χ1n) is 8.82. The molecule has 3 rings (SSSR count). The Morgan fingerprint density at radius 3 is 2.25 bits per heavy atom. The Labute approximate surface area is 172 Å². The van der Waals surface area contributed by atoms with Gasteiger partial charge in [0.15, 0.2) is 12.4 Å². The summed E-state index contributed by atoms with van der Waals surface area (Å²) >= 11 is 3.34. The first-order valence-corrected chi connectivity index (χ1v) is 9.62. The number of hydrogen-bond acceptors (Lipinski definition) is 3. The first kappa shape index (κ1) is 19.8. The van der Waals surface area contributed by atoms with Crippen LogP contribution in [0.15, 0.2) is 71.2 Å². The number of para-hydroxylation sites is 1. The highest BCUT2D eigenvalue weighted by Crippen LogP contribution is 2.21. The minimum atomic E-state index is -0.281. The lowest BCUT2D eigenvalue weighted by atomic mass is 10.1. The van der Waals surface area contributed by atoms with Gasteiger partial charge in [0.05, 0.1) is 5.56 Å². The molecule has 1 N–H and O–H groups in total. The van der Waals surface area contributed by atoms with Crippen LogP contribution in [0.1, 0.15) is 31.8 Å². The Balaban J connectivity index is 1.72. The number of carbonyl (C=O) groups excluding carboxylic acids is 2. The Morgan fingerprint density at radius 1 is 0.929 bits per heavy atom. The smallest absolute Gasteiger partial charge is 0.259 e. The molecule has 0 bridgehead atoms. The normalized spacial score (nSPS) is 10.4. The fourth-order valence-electron chi connectivity index (χ4n) is 2.89. The number of halogens is 1. The van der Waals surface area contributed by atoms with Gasteiger partial charge in [-0.25, -0.2) is 0 Å². The second-order valence-electron chi connectivity index (χ2n) is 6.55. The van der Waals surface area contributed by atoms with Crippen molar-refractivity contribution in [2.75, 3.05) is 11.9 Å². The molecule has 0 aliphatic carbocycles. The second kappa shape index (κ2) is 8.85. The molecule has 5 heteroatoms. The van der Waals surface area contributed by atoms with Crippen LogP contribution in [0.3, 0.4) is 0 Å². The van der Waals surface area contributed by atoms with Crippen molar-refractivity contribution >= 4 is 33.3 Å². The van der Waals surface area contributed by atoms with E-state index in [4.69, 9.17) is 4.74 Å². The molecule has 3 aromatic carbocycles. The molecule has 0 atom stereocenters. The van der Waals surface area contributed by atoms with Crippen LogP contribution in [0.2, 0.25) is 0 Å². The molecule has 3 aromatic rings. The predicted octanol–water partition coefficient (Wildman–Crippen LogP) is 5.58. The molecule has 0 radical (unpaired) electrons. The number of amides is 1. The van der Waals surface area contributed by atoms with Gasteiger partial charge in [0, 0.05) is 15.7 Å². The molecule has 1 amide bonds. The van der Waals surface area contributed by atoms with Crippen LogP contribution in [-0.4, -0.2) is 18.3 Å². The van der Waals surface area contributed by atoms with E-state index in [9.17, 15) is 9.59 Å². The standard InChI is InChI=1S/C23H20BrNO3/c1-15-11-16(2)13-19(12-15)25-23(27)20-5-3-4-6-22(20)28-14-21(26)17-7-9-18(24)10-8-17/h3-13H,14H2,1-2H3,(H,25,27). The van der Waals surface area contributed by atoms with Crippen molar-refractivity contribution in [2.24, 2.45) is 0 Å². The number of ether oxygens (including phenoxy) is 1. The molecule has 0 aromatic heterocycles. The van der Waals surface area contributed by atoms with Gasteiger partial charge in [0.25, 0.3) is 5.91 Å². The van der Waals surface area contributed by atoms with Crippen molar-refractivity contribution < 1.29 is 14.3 Å². The lowest BCUT2D eigenvalue weighted by molar-refractivity contribution is 0.0914.